The molecular formula is C15H12N2O2. The summed E-state index contributed by atoms with van der Waals surface area (Å²) >= 11 is 0. The third-order valence-corrected chi connectivity index (χ3v) is 3.04. The number of H-pyrrole nitrogens is 1. The third kappa shape index (κ3) is 1.97. The van der Waals surface area contributed by atoms with Crippen LogP contribution in [-0.4, -0.2) is 17.3 Å². The maximum Gasteiger partial charge on any atom is 0.272 e. The van der Waals surface area contributed by atoms with Crippen LogP contribution >= 0.6 is 0 Å². The molecule has 2 aromatic carbocycles. The Morgan fingerprint density at radius 3 is 2.58 bits per heavy atom. The summed E-state index contributed by atoms with van der Waals surface area (Å²) in [6.45, 7) is 0. The van der Waals surface area contributed by atoms with Gasteiger partial charge in [-0.15, -0.1) is 0 Å². The molecule has 3 rings (SSSR count). The minimum absolute atomic E-state index is 0.197. The van der Waals surface area contributed by atoms with Crippen LogP contribution in [0.4, 0.5) is 0 Å². The Morgan fingerprint density at radius 1 is 1.05 bits per heavy atom. The Labute approximate surface area is 109 Å². The molecule has 0 atom stereocenters. The first-order chi connectivity index (χ1) is 9.29. The van der Waals surface area contributed by atoms with Gasteiger partial charge in [-0.1, -0.05) is 30.3 Å². The van der Waals surface area contributed by atoms with Gasteiger partial charge in [0.05, 0.1) is 18.2 Å². The van der Waals surface area contributed by atoms with E-state index in [-0.39, 0.29) is 5.56 Å². The number of ether oxygens (including phenoxy) is 1. The van der Waals surface area contributed by atoms with Crippen molar-refractivity contribution in [1.29, 1.82) is 0 Å². The summed E-state index contributed by atoms with van der Waals surface area (Å²) in [5.74, 6) is 0.706. The van der Waals surface area contributed by atoms with E-state index >= 15 is 0 Å². The van der Waals surface area contributed by atoms with Gasteiger partial charge in [-0.25, -0.2) is 5.10 Å². The fraction of sp³-hybridized carbons (Fsp3) is 0.0667. The molecular weight excluding hydrogens is 240 g/mol. The first kappa shape index (κ1) is 11.5. The largest absolute Gasteiger partial charge is 0.497 e. The number of aromatic nitrogens is 2. The van der Waals surface area contributed by atoms with E-state index in [1.807, 2.05) is 36.4 Å². The van der Waals surface area contributed by atoms with Gasteiger partial charge in [0.1, 0.15) is 5.75 Å². The van der Waals surface area contributed by atoms with Crippen LogP contribution in [0.5, 0.6) is 5.75 Å². The molecule has 1 aromatic heterocycles. The van der Waals surface area contributed by atoms with E-state index in [0.717, 1.165) is 16.6 Å². The molecule has 0 fully saturated rings. The van der Waals surface area contributed by atoms with Crippen molar-refractivity contribution in [2.75, 3.05) is 7.11 Å². The predicted octanol–water partition coefficient (Wildman–Crippen LogP) is 2.60. The topological polar surface area (TPSA) is 55.0 Å². The Kier molecular flexibility index (Phi) is 2.76. The predicted molar refractivity (Wildman–Crippen MR) is 74.4 cm³/mol. The van der Waals surface area contributed by atoms with Crippen LogP contribution in [0, 0.1) is 0 Å². The molecule has 3 aromatic rings. The zero-order valence-corrected chi connectivity index (χ0v) is 10.4. The highest BCUT2D eigenvalue weighted by atomic mass is 16.5. The minimum Gasteiger partial charge on any atom is -0.497 e. The van der Waals surface area contributed by atoms with E-state index in [1.165, 1.54) is 0 Å². The van der Waals surface area contributed by atoms with Crippen LogP contribution in [0.2, 0.25) is 0 Å². The molecule has 0 saturated heterocycles. The summed E-state index contributed by atoms with van der Waals surface area (Å²) in [6, 6.07) is 15.1. The maximum atomic E-state index is 11.8. The zero-order valence-electron chi connectivity index (χ0n) is 10.4. The van der Waals surface area contributed by atoms with Gasteiger partial charge in [-0.2, -0.15) is 5.10 Å². The Morgan fingerprint density at radius 2 is 1.84 bits per heavy atom. The summed E-state index contributed by atoms with van der Waals surface area (Å²) in [6.07, 6.45) is 0. The summed E-state index contributed by atoms with van der Waals surface area (Å²) in [5, 5.41) is 8.08. The van der Waals surface area contributed by atoms with E-state index < -0.39 is 0 Å². The summed E-state index contributed by atoms with van der Waals surface area (Å²) in [4.78, 5) is 11.8. The standard InChI is InChI=1S/C15H12N2O2/c1-19-11-7-8-12-13(9-11)14(16-17-15(12)18)10-5-3-2-4-6-10/h2-9H,1H3,(H,17,18). The van der Waals surface area contributed by atoms with Crippen LogP contribution < -0.4 is 10.3 Å². The number of rotatable bonds is 2. The number of nitrogens with zero attached hydrogens (tertiary/aromatic N) is 1. The second-order valence-corrected chi connectivity index (χ2v) is 4.18. The van der Waals surface area contributed by atoms with Crippen LogP contribution in [0.15, 0.2) is 53.3 Å². The van der Waals surface area contributed by atoms with E-state index in [2.05, 4.69) is 10.2 Å². The molecule has 1 N–H and O–H groups in total. The van der Waals surface area contributed by atoms with Crippen molar-refractivity contribution in [1.82, 2.24) is 10.2 Å². The lowest BCUT2D eigenvalue weighted by Crippen LogP contribution is -2.09. The van der Waals surface area contributed by atoms with E-state index in [1.54, 1.807) is 19.2 Å². The molecule has 19 heavy (non-hydrogen) atoms. The molecule has 0 unspecified atom stereocenters. The summed E-state index contributed by atoms with van der Waals surface area (Å²) in [5.41, 5.74) is 1.50. The molecule has 4 heteroatoms. The lowest BCUT2D eigenvalue weighted by Gasteiger charge is -2.06. The number of hydrogen-bond acceptors (Lipinski definition) is 3. The van der Waals surface area contributed by atoms with Gasteiger partial charge >= 0.3 is 0 Å². The summed E-state index contributed by atoms with van der Waals surface area (Å²) < 4.78 is 5.21. The number of fused-ring (bicyclic) bond motifs is 1. The first-order valence-corrected chi connectivity index (χ1v) is 5.91. The van der Waals surface area contributed by atoms with Crippen molar-refractivity contribution in [3.05, 3.63) is 58.9 Å². The van der Waals surface area contributed by atoms with Gasteiger partial charge in [0.15, 0.2) is 0 Å². The molecule has 94 valence electrons. The monoisotopic (exact) mass is 252 g/mol. The van der Waals surface area contributed by atoms with Crippen molar-refractivity contribution in [3.63, 3.8) is 0 Å². The lowest BCUT2D eigenvalue weighted by molar-refractivity contribution is 0.415. The van der Waals surface area contributed by atoms with Crippen molar-refractivity contribution in [3.8, 4) is 17.0 Å². The van der Waals surface area contributed by atoms with Crippen molar-refractivity contribution < 1.29 is 4.74 Å². The number of methoxy groups -OCH3 is 1. The molecule has 0 radical (unpaired) electrons. The lowest BCUT2D eigenvalue weighted by atomic mass is 10.0. The Balaban J connectivity index is 2.36. The molecule has 0 spiro atoms. The van der Waals surface area contributed by atoms with Gasteiger partial charge in [-0.05, 0) is 18.2 Å². The first-order valence-electron chi connectivity index (χ1n) is 5.91. The number of benzene rings is 2. The highest BCUT2D eigenvalue weighted by Crippen LogP contribution is 2.26. The normalized spacial score (nSPS) is 10.6. The minimum atomic E-state index is -0.197. The fourth-order valence-corrected chi connectivity index (χ4v) is 2.09. The summed E-state index contributed by atoms with van der Waals surface area (Å²) in [7, 11) is 1.60. The molecule has 4 nitrogen and oxygen atoms in total. The maximum absolute atomic E-state index is 11.8. The van der Waals surface area contributed by atoms with Crippen molar-refractivity contribution >= 4 is 10.8 Å². The molecule has 0 amide bonds. The highest BCUT2D eigenvalue weighted by Gasteiger charge is 2.09. The van der Waals surface area contributed by atoms with Crippen LogP contribution in [0.3, 0.4) is 0 Å². The quantitative estimate of drug-likeness (QED) is 0.762. The fourth-order valence-electron chi connectivity index (χ4n) is 2.09. The average Bonchev–Trinajstić information content (AvgIpc) is 2.48. The smallest absolute Gasteiger partial charge is 0.272 e. The molecule has 1 heterocycles. The number of hydrogen-bond donors (Lipinski definition) is 1. The third-order valence-electron chi connectivity index (χ3n) is 3.04. The van der Waals surface area contributed by atoms with Gasteiger partial charge in [0.25, 0.3) is 5.56 Å². The number of nitrogens with one attached hydrogen (secondary N) is 1. The Hall–Kier alpha value is -2.62. The van der Waals surface area contributed by atoms with E-state index in [9.17, 15) is 4.79 Å². The van der Waals surface area contributed by atoms with Gasteiger partial charge < -0.3 is 4.74 Å². The van der Waals surface area contributed by atoms with Gasteiger partial charge in [0.2, 0.25) is 0 Å². The number of aromatic amines is 1. The molecule has 0 saturated carbocycles. The van der Waals surface area contributed by atoms with E-state index in [0.29, 0.717) is 11.1 Å². The zero-order chi connectivity index (χ0) is 13.2. The Bertz CT molecular complexity index is 779. The van der Waals surface area contributed by atoms with Crippen molar-refractivity contribution in [2.45, 2.75) is 0 Å². The second-order valence-electron chi connectivity index (χ2n) is 4.18. The molecule has 0 bridgehead atoms. The van der Waals surface area contributed by atoms with Crippen LogP contribution in [-0.2, 0) is 0 Å². The SMILES string of the molecule is COc1ccc2c(=O)[nH]nc(-c3ccccc3)c2c1. The van der Waals surface area contributed by atoms with Gasteiger partial charge in [-0.3, -0.25) is 4.79 Å². The molecule has 0 aliphatic carbocycles. The van der Waals surface area contributed by atoms with E-state index in [4.69, 9.17) is 4.74 Å². The molecule has 0 aliphatic heterocycles. The molecule has 0 aliphatic rings. The van der Waals surface area contributed by atoms with Gasteiger partial charge in [0, 0.05) is 10.9 Å². The van der Waals surface area contributed by atoms with Crippen LogP contribution in [0.1, 0.15) is 0 Å². The second kappa shape index (κ2) is 4.57. The van der Waals surface area contributed by atoms with Crippen LogP contribution in [0.25, 0.3) is 22.0 Å². The van der Waals surface area contributed by atoms with Crippen molar-refractivity contribution in [2.24, 2.45) is 0 Å². The highest BCUT2D eigenvalue weighted by molar-refractivity contribution is 5.94. The average molecular weight is 252 g/mol.